The highest BCUT2D eigenvalue weighted by Crippen LogP contribution is 2.58. The number of benzene rings is 3. The van der Waals surface area contributed by atoms with Gasteiger partial charge in [0.15, 0.2) is 0 Å². The summed E-state index contributed by atoms with van der Waals surface area (Å²) in [7, 11) is 0. The molecule has 0 N–H and O–H groups in total. The van der Waals surface area contributed by atoms with Gasteiger partial charge in [-0.25, -0.2) is 0 Å². The molecule has 0 bridgehead atoms. The molecule has 5 aromatic rings. The van der Waals surface area contributed by atoms with Crippen LogP contribution in [0.15, 0.2) is 95.7 Å². The topological polar surface area (TPSA) is 0 Å². The standard InChI is InChI=1S/C39H42S2/c1-3-5-7-9-12-29-15-20-32(21-16-29)39(33-22-17-30(18-23-33)13-10-8-6-4-2)35-25-27-41-38(35)34-24-19-31(28-36(34)39)37-14-11-26-40-37/h11,14-28H,3-10,12-13H2,1-2H3. The van der Waals surface area contributed by atoms with Gasteiger partial charge in [-0.15, -0.1) is 22.7 Å². The fraction of sp³-hybridized carbons (Fsp3) is 0.333. The zero-order valence-electron chi connectivity index (χ0n) is 24.6. The summed E-state index contributed by atoms with van der Waals surface area (Å²) in [5.74, 6) is 0. The number of hydrogen-bond acceptors (Lipinski definition) is 2. The first-order chi connectivity index (χ1) is 20.3. The molecule has 0 unspecified atom stereocenters. The molecular formula is C39H42S2. The predicted molar refractivity (Wildman–Crippen MR) is 181 cm³/mol. The first kappa shape index (κ1) is 28.2. The van der Waals surface area contributed by atoms with Crippen molar-refractivity contribution in [3.8, 4) is 20.9 Å². The van der Waals surface area contributed by atoms with Crippen molar-refractivity contribution in [3.05, 3.63) is 129 Å². The van der Waals surface area contributed by atoms with Crippen molar-refractivity contribution in [1.29, 1.82) is 0 Å². The van der Waals surface area contributed by atoms with Crippen LogP contribution in [0.1, 0.15) is 98.6 Å². The molecule has 0 atom stereocenters. The lowest BCUT2D eigenvalue weighted by Gasteiger charge is -2.34. The largest absolute Gasteiger partial charge is 0.144 e. The molecule has 210 valence electrons. The molecule has 2 heteroatoms. The van der Waals surface area contributed by atoms with Gasteiger partial charge in [0.2, 0.25) is 0 Å². The SMILES string of the molecule is CCCCCCc1ccc(C2(c3ccc(CCCCCC)cc3)c3cc(-c4cccs4)ccc3-c3sccc32)cc1. The van der Waals surface area contributed by atoms with E-state index in [4.69, 9.17) is 0 Å². The minimum atomic E-state index is -0.306. The zero-order chi connectivity index (χ0) is 28.1. The van der Waals surface area contributed by atoms with Crippen molar-refractivity contribution in [2.24, 2.45) is 0 Å². The van der Waals surface area contributed by atoms with E-state index in [9.17, 15) is 0 Å². The number of thiophene rings is 2. The quantitative estimate of drug-likeness (QED) is 0.120. The lowest BCUT2D eigenvalue weighted by Crippen LogP contribution is -2.28. The smallest absolute Gasteiger partial charge is 0.0722 e. The lowest BCUT2D eigenvalue weighted by molar-refractivity contribution is 0.666. The molecule has 41 heavy (non-hydrogen) atoms. The molecule has 0 radical (unpaired) electrons. The van der Waals surface area contributed by atoms with Crippen LogP contribution < -0.4 is 0 Å². The Morgan fingerprint density at radius 3 is 1.76 bits per heavy atom. The fourth-order valence-electron chi connectivity index (χ4n) is 6.75. The summed E-state index contributed by atoms with van der Waals surface area (Å²) in [6.45, 7) is 4.57. The highest BCUT2D eigenvalue weighted by atomic mass is 32.1. The van der Waals surface area contributed by atoms with Gasteiger partial charge in [0, 0.05) is 9.75 Å². The van der Waals surface area contributed by atoms with Crippen molar-refractivity contribution in [3.63, 3.8) is 0 Å². The summed E-state index contributed by atoms with van der Waals surface area (Å²) < 4.78 is 0. The van der Waals surface area contributed by atoms with Crippen LogP contribution in [-0.4, -0.2) is 0 Å². The van der Waals surface area contributed by atoms with Crippen LogP contribution in [0.2, 0.25) is 0 Å². The minimum absolute atomic E-state index is 0.306. The van der Waals surface area contributed by atoms with E-state index in [1.165, 1.54) is 118 Å². The summed E-state index contributed by atoms with van der Waals surface area (Å²) >= 11 is 3.72. The number of hydrogen-bond donors (Lipinski definition) is 0. The van der Waals surface area contributed by atoms with E-state index in [1.54, 1.807) is 0 Å². The van der Waals surface area contributed by atoms with Crippen LogP contribution in [0.4, 0.5) is 0 Å². The third-order valence-corrected chi connectivity index (χ3v) is 10.8. The first-order valence-electron chi connectivity index (χ1n) is 15.7. The van der Waals surface area contributed by atoms with Gasteiger partial charge in [0.05, 0.1) is 5.41 Å². The Labute approximate surface area is 255 Å². The molecule has 0 nitrogen and oxygen atoms in total. The maximum atomic E-state index is 2.49. The molecule has 0 saturated heterocycles. The van der Waals surface area contributed by atoms with Gasteiger partial charge in [-0.3, -0.25) is 0 Å². The number of fused-ring (bicyclic) bond motifs is 3. The summed E-state index contributed by atoms with van der Waals surface area (Å²) in [6.07, 6.45) is 12.8. The summed E-state index contributed by atoms with van der Waals surface area (Å²) in [6, 6.07) is 33.3. The molecule has 0 saturated carbocycles. The molecule has 2 heterocycles. The fourth-order valence-corrected chi connectivity index (χ4v) is 8.47. The van der Waals surface area contributed by atoms with Crippen molar-refractivity contribution in [2.45, 2.75) is 83.5 Å². The van der Waals surface area contributed by atoms with Gasteiger partial charge in [0.1, 0.15) is 0 Å². The van der Waals surface area contributed by atoms with Gasteiger partial charge in [-0.05, 0) is 99.2 Å². The molecular weight excluding hydrogens is 533 g/mol. The normalized spacial score (nSPS) is 13.3. The van der Waals surface area contributed by atoms with E-state index in [0.717, 1.165) is 0 Å². The third kappa shape index (κ3) is 5.49. The van der Waals surface area contributed by atoms with E-state index in [1.807, 2.05) is 22.7 Å². The summed E-state index contributed by atoms with van der Waals surface area (Å²) in [4.78, 5) is 2.76. The lowest BCUT2D eigenvalue weighted by atomic mass is 9.67. The Kier molecular flexibility index (Phi) is 8.89. The molecule has 1 aliphatic carbocycles. The van der Waals surface area contributed by atoms with Crippen LogP contribution in [0, 0.1) is 0 Å². The third-order valence-electron chi connectivity index (χ3n) is 8.96. The Morgan fingerprint density at radius 1 is 0.561 bits per heavy atom. The van der Waals surface area contributed by atoms with Crippen molar-refractivity contribution in [2.75, 3.05) is 0 Å². The van der Waals surface area contributed by atoms with Crippen molar-refractivity contribution in [1.82, 2.24) is 0 Å². The maximum absolute atomic E-state index is 2.49. The molecule has 3 aromatic carbocycles. The Morgan fingerprint density at radius 2 is 1.20 bits per heavy atom. The molecule has 0 aliphatic heterocycles. The molecule has 6 rings (SSSR count). The van der Waals surface area contributed by atoms with Crippen LogP contribution in [0.5, 0.6) is 0 Å². The van der Waals surface area contributed by atoms with Gasteiger partial charge in [-0.2, -0.15) is 0 Å². The second-order valence-electron chi connectivity index (χ2n) is 11.7. The minimum Gasteiger partial charge on any atom is -0.144 e. The monoisotopic (exact) mass is 574 g/mol. The second-order valence-corrected chi connectivity index (χ2v) is 13.5. The number of aryl methyl sites for hydroxylation is 2. The van der Waals surface area contributed by atoms with Crippen LogP contribution in [-0.2, 0) is 18.3 Å². The van der Waals surface area contributed by atoms with Crippen molar-refractivity contribution < 1.29 is 0 Å². The van der Waals surface area contributed by atoms with E-state index < -0.39 is 0 Å². The second kappa shape index (κ2) is 12.9. The van der Waals surface area contributed by atoms with Crippen LogP contribution in [0.3, 0.4) is 0 Å². The summed E-state index contributed by atoms with van der Waals surface area (Å²) in [5, 5.41) is 4.48. The van der Waals surface area contributed by atoms with E-state index in [0.29, 0.717) is 0 Å². The Hall–Kier alpha value is -2.94. The van der Waals surface area contributed by atoms with Gasteiger partial charge >= 0.3 is 0 Å². The van der Waals surface area contributed by atoms with Crippen LogP contribution in [0.25, 0.3) is 20.9 Å². The van der Waals surface area contributed by atoms with E-state index in [-0.39, 0.29) is 5.41 Å². The molecule has 0 fully saturated rings. The Bertz CT molecular complexity index is 1480. The maximum Gasteiger partial charge on any atom is 0.0722 e. The summed E-state index contributed by atoms with van der Waals surface area (Å²) in [5.41, 5.74) is 10.9. The van der Waals surface area contributed by atoms with Crippen LogP contribution >= 0.6 is 22.7 Å². The highest BCUT2D eigenvalue weighted by molar-refractivity contribution is 7.14. The Balaban J connectivity index is 1.46. The molecule has 2 aromatic heterocycles. The van der Waals surface area contributed by atoms with E-state index in [2.05, 4.69) is 110 Å². The van der Waals surface area contributed by atoms with E-state index >= 15 is 0 Å². The zero-order valence-corrected chi connectivity index (χ0v) is 26.3. The molecule has 0 amide bonds. The number of unbranched alkanes of at least 4 members (excludes halogenated alkanes) is 6. The van der Waals surface area contributed by atoms with Gasteiger partial charge in [0.25, 0.3) is 0 Å². The average Bonchev–Trinajstić information content (AvgIpc) is 3.77. The van der Waals surface area contributed by atoms with Crippen molar-refractivity contribution >= 4 is 22.7 Å². The highest BCUT2D eigenvalue weighted by Gasteiger charge is 2.47. The predicted octanol–water partition coefficient (Wildman–Crippen LogP) is 12.1. The van der Waals surface area contributed by atoms with Gasteiger partial charge in [-0.1, -0.05) is 119 Å². The van der Waals surface area contributed by atoms with Gasteiger partial charge < -0.3 is 0 Å². The molecule has 1 aliphatic rings. The first-order valence-corrected chi connectivity index (χ1v) is 17.5. The molecule has 0 spiro atoms. The average molecular weight is 575 g/mol. The number of rotatable bonds is 13.